The highest BCUT2D eigenvalue weighted by atomic mass is 16.5. The lowest BCUT2D eigenvalue weighted by Crippen LogP contribution is -2.37. The summed E-state index contributed by atoms with van der Waals surface area (Å²) in [5.74, 6) is 0.538. The van der Waals surface area contributed by atoms with Gasteiger partial charge in [-0.3, -0.25) is 4.79 Å². The average molecular weight is 329 g/mol. The molecule has 24 heavy (non-hydrogen) atoms. The molecule has 0 spiro atoms. The molecule has 1 aliphatic heterocycles. The Morgan fingerprint density at radius 2 is 2.04 bits per heavy atom. The van der Waals surface area contributed by atoms with Crippen LogP contribution in [0.3, 0.4) is 0 Å². The first-order valence-electron chi connectivity index (χ1n) is 8.12. The third-order valence-electron chi connectivity index (χ3n) is 4.20. The fraction of sp³-hybridized carbons (Fsp3) is 0.389. The Morgan fingerprint density at radius 3 is 2.75 bits per heavy atom. The Labute approximate surface area is 141 Å². The molecule has 1 amide bonds. The number of para-hydroxylation sites is 1. The molecular weight excluding hydrogens is 306 g/mol. The molecule has 128 valence electrons. The van der Waals surface area contributed by atoms with Gasteiger partial charge in [-0.15, -0.1) is 0 Å². The molecule has 2 aromatic rings. The van der Waals surface area contributed by atoms with Crippen molar-refractivity contribution in [2.45, 2.75) is 13.1 Å². The van der Waals surface area contributed by atoms with Gasteiger partial charge in [-0.1, -0.05) is 18.2 Å². The molecule has 0 unspecified atom stereocenters. The zero-order chi connectivity index (χ0) is 16.9. The Hall–Kier alpha value is -2.31. The van der Waals surface area contributed by atoms with Crippen LogP contribution in [0.4, 0.5) is 5.69 Å². The molecule has 6 heteroatoms. The highest BCUT2D eigenvalue weighted by Crippen LogP contribution is 2.23. The second-order valence-corrected chi connectivity index (χ2v) is 5.90. The predicted octanol–water partition coefficient (Wildman–Crippen LogP) is 1.85. The molecule has 0 saturated carbocycles. The van der Waals surface area contributed by atoms with Gasteiger partial charge < -0.3 is 24.7 Å². The normalized spacial score (nSPS) is 14.7. The lowest BCUT2D eigenvalue weighted by atomic mass is 10.1. The Morgan fingerprint density at radius 1 is 1.29 bits per heavy atom. The van der Waals surface area contributed by atoms with E-state index < -0.39 is 0 Å². The maximum Gasteiger partial charge on any atom is 0.257 e. The van der Waals surface area contributed by atoms with E-state index in [9.17, 15) is 4.79 Å². The van der Waals surface area contributed by atoms with Crippen molar-refractivity contribution in [1.29, 1.82) is 0 Å². The molecule has 1 saturated heterocycles. The lowest BCUT2D eigenvalue weighted by molar-refractivity contribution is 0.0784. The van der Waals surface area contributed by atoms with E-state index in [1.807, 2.05) is 12.1 Å². The summed E-state index contributed by atoms with van der Waals surface area (Å²) in [6, 6.07) is 9.90. The standard InChI is InChI=1S/C18H23N3O3/c1-20(18(22)15-10-16(11-19)24-13-15)12-14-4-2-3-5-17(14)21-6-8-23-9-7-21/h2-5,10,13H,6-9,11-12,19H2,1H3. The number of benzene rings is 1. The van der Waals surface area contributed by atoms with Gasteiger partial charge in [0.15, 0.2) is 0 Å². The van der Waals surface area contributed by atoms with E-state index in [0.29, 0.717) is 17.9 Å². The minimum atomic E-state index is -0.0739. The molecule has 1 aromatic heterocycles. The van der Waals surface area contributed by atoms with E-state index in [-0.39, 0.29) is 12.5 Å². The number of anilines is 1. The third kappa shape index (κ3) is 3.60. The summed E-state index contributed by atoms with van der Waals surface area (Å²) in [5.41, 5.74) is 8.35. The second-order valence-electron chi connectivity index (χ2n) is 5.90. The summed E-state index contributed by atoms with van der Waals surface area (Å²) in [6.07, 6.45) is 1.47. The zero-order valence-electron chi connectivity index (χ0n) is 13.9. The summed E-state index contributed by atoms with van der Waals surface area (Å²) < 4.78 is 10.7. The highest BCUT2D eigenvalue weighted by Gasteiger charge is 2.19. The maximum atomic E-state index is 12.6. The van der Waals surface area contributed by atoms with Crippen molar-refractivity contribution in [3.8, 4) is 0 Å². The molecular formula is C18H23N3O3. The van der Waals surface area contributed by atoms with Gasteiger partial charge in [0.05, 0.1) is 25.3 Å². The summed E-state index contributed by atoms with van der Waals surface area (Å²) in [4.78, 5) is 16.6. The average Bonchev–Trinajstić information content (AvgIpc) is 3.11. The van der Waals surface area contributed by atoms with Crippen LogP contribution in [0, 0.1) is 0 Å². The molecule has 3 rings (SSSR count). The van der Waals surface area contributed by atoms with E-state index in [1.165, 1.54) is 6.26 Å². The number of carbonyl (C=O) groups is 1. The van der Waals surface area contributed by atoms with Gasteiger partial charge in [-0.25, -0.2) is 0 Å². The number of furan rings is 1. The number of hydrogen-bond donors (Lipinski definition) is 1. The molecule has 2 N–H and O–H groups in total. The molecule has 1 aromatic carbocycles. The first kappa shape index (κ1) is 16.5. The largest absolute Gasteiger partial charge is 0.467 e. The smallest absolute Gasteiger partial charge is 0.257 e. The minimum absolute atomic E-state index is 0.0739. The summed E-state index contributed by atoms with van der Waals surface area (Å²) in [7, 11) is 1.80. The van der Waals surface area contributed by atoms with Crippen LogP contribution in [-0.2, 0) is 17.8 Å². The number of carbonyl (C=O) groups excluding carboxylic acids is 1. The van der Waals surface area contributed by atoms with Gasteiger partial charge in [0.2, 0.25) is 0 Å². The summed E-state index contributed by atoms with van der Waals surface area (Å²) in [6.45, 7) is 4.04. The molecule has 0 atom stereocenters. The second kappa shape index (κ2) is 7.51. The van der Waals surface area contributed by atoms with Crippen LogP contribution < -0.4 is 10.6 Å². The van der Waals surface area contributed by atoms with Crippen LogP contribution >= 0.6 is 0 Å². The first-order chi connectivity index (χ1) is 11.7. The van der Waals surface area contributed by atoms with Gasteiger partial charge in [0.25, 0.3) is 5.91 Å². The lowest BCUT2D eigenvalue weighted by Gasteiger charge is -2.31. The third-order valence-corrected chi connectivity index (χ3v) is 4.20. The molecule has 1 aliphatic rings. The maximum absolute atomic E-state index is 12.6. The van der Waals surface area contributed by atoms with Gasteiger partial charge in [0.1, 0.15) is 12.0 Å². The molecule has 0 radical (unpaired) electrons. The van der Waals surface area contributed by atoms with E-state index >= 15 is 0 Å². The fourth-order valence-corrected chi connectivity index (χ4v) is 2.90. The Bertz CT molecular complexity index is 692. The van der Waals surface area contributed by atoms with Crippen LogP contribution in [0.1, 0.15) is 21.7 Å². The first-order valence-corrected chi connectivity index (χ1v) is 8.12. The van der Waals surface area contributed by atoms with Crippen LogP contribution in [-0.4, -0.2) is 44.2 Å². The van der Waals surface area contributed by atoms with Crippen LogP contribution in [0.15, 0.2) is 41.0 Å². The van der Waals surface area contributed by atoms with Gasteiger partial charge >= 0.3 is 0 Å². The van der Waals surface area contributed by atoms with Crippen molar-refractivity contribution in [2.75, 3.05) is 38.3 Å². The minimum Gasteiger partial charge on any atom is -0.467 e. The number of ether oxygens (including phenoxy) is 1. The van der Waals surface area contributed by atoms with Crippen LogP contribution in [0.2, 0.25) is 0 Å². The number of hydrogen-bond acceptors (Lipinski definition) is 5. The van der Waals surface area contributed by atoms with Gasteiger partial charge in [0, 0.05) is 32.4 Å². The predicted molar refractivity (Wildman–Crippen MR) is 91.9 cm³/mol. The van der Waals surface area contributed by atoms with E-state index in [2.05, 4.69) is 17.0 Å². The van der Waals surface area contributed by atoms with Crippen molar-refractivity contribution >= 4 is 11.6 Å². The monoisotopic (exact) mass is 329 g/mol. The van der Waals surface area contributed by atoms with Gasteiger partial charge in [-0.2, -0.15) is 0 Å². The number of nitrogens with zero attached hydrogens (tertiary/aromatic N) is 2. The Kier molecular flexibility index (Phi) is 5.17. The van der Waals surface area contributed by atoms with Crippen LogP contribution in [0.25, 0.3) is 0 Å². The topological polar surface area (TPSA) is 71.9 Å². The quantitative estimate of drug-likeness (QED) is 0.906. The number of nitrogens with two attached hydrogens (primary N) is 1. The molecule has 1 fully saturated rings. The summed E-state index contributed by atoms with van der Waals surface area (Å²) >= 11 is 0. The van der Waals surface area contributed by atoms with E-state index in [4.69, 9.17) is 14.9 Å². The number of morpholine rings is 1. The molecule has 6 nitrogen and oxygen atoms in total. The zero-order valence-corrected chi connectivity index (χ0v) is 13.9. The number of amides is 1. The van der Waals surface area contributed by atoms with Gasteiger partial charge in [-0.05, 0) is 17.7 Å². The van der Waals surface area contributed by atoms with Crippen molar-refractivity contribution < 1.29 is 13.9 Å². The van der Waals surface area contributed by atoms with Crippen LogP contribution in [0.5, 0.6) is 0 Å². The van der Waals surface area contributed by atoms with Crippen molar-refractivity contribution in [3.63, 3.8) is 0 Å². The molecule has 0 aliphatic carbocycles. The number of rotatable bonds is 5. The van der Waals surface area contributed by atoms with E-state index in [1.54, 1.807) is 18.0 Å². The SMILES string of the molecule is CN(Cc1ccccc1N1CCOCC1)C(=O)c1coc(CN)c1. The summed E-state index contributed by atoms with van der Waals surface area (Å²) in [5, 5.41) is 0. The van der Waals surface area contributed by atoms with Crippen molar-refractivity contribution in [2.24, 2.45) is 5.73 Å². The van der Waals surface area contributed by atoms with Crippen molar-refractivity contribution in [3.05, 3.63) is 53.5 Å². The molecule has 2 heterocycles. The van der Waals surface area contributed by atoms with Crippen molar-refractivity contribution in [1.82, 2.24) is 4.90 Å². The Balaban J connectivity index is 1.74. The molecule has 0 bridgehead atoms. The fourth-order valence-electron chi connectivity index (χ4n) is 2.90. The highest BCUT2D eigenvalue weighted by molar-refractivity contribution is 5.93. The van der Waals surface area contributed by atoms with E-state index in [0.717, 1.165) is 37.6 Å².